The number of aromatic nitrogens is 1. The number of anilines is 1. The number of nitrogens with two attached hydrogens (primary N) is 1. The highest BCUT2D eigenvalue weighted by molar-refractivity contribution is 7.89. The number of rotatable bonds is 5. The zero-order valence-electron chi connectivity index (χ0n) is 9.08. The summed E-state index contributed by atoms with van der Waals surface area (Å²) in [7, 11) is -3.53. The Balaban J connectivity index is 2.70. The van der Waals surface area contributed by atoms with Crippen molar-refractivity contribution < 1.29 is 13.3 Å². The van der Waals surface area contributed by atoms with Crippen molar-refractivity contribution >= 4 is 21.5 Å². The Bertz CT molecular complexity index is 528. The van der Waals surface area contributed by atoms with Gasteiger partial charge in [0.15, 0.2) is 0 Å². The zero-order chi connectivity index (χ0) is 13.1. The van der Waals surface area contributed by atoms with Gasteiger partial charge in [-0.25, -0.2) is 18.5 Å². The fourth-order valence-electron chi connectivity index (χ4n) is 1.16. The molecule has 1 aromatic rings. The summed E-state index contributed by atoms with van der Waals surface area (Å²) in [6.07, 6.45) is 1.10. The van der Waals surface area contributed by atoms with Gasteiger partial charge >= 0.3 is 0 Å². The van der Waals surface area contributed by atoms with Crippen LogP contribution < -0.4 is 10.5 Å². The van der Waals surface area contributed by atoms with Crippen LogP contribution in [0.15, 0.2) is 12.3 Å². The molecule has 9 heteroatoms. The third kappa shape index (κ3) is 4.33. The van der Waals surface area contributed by atoms with Crippen LogP contribution in [0.3, 0.4) is 0 Å². The maximum Gasteiger partial charge on any atom is 0.287 e. The number of nitro groups is 1. The number of hydrogen-bond donors (Lipinski definition) is 2. The molecule has 1 rings (SSSR count). The molecule has 0 saturated carbocycles. The molecule has 0 bridgehead atoms. The van der Waals surface area contributed by atoms with Crippen molar-refractivity contribution in [3.05, 3.63) is 27.9 Å². The first-order valence-corrected chi connectivity index (χ1v) is 6.36. The topological polar surface area (TPSA) is 128 Å². The Morgan fingerprint density at radius 2 is 2.24 bits per heavy atom. The van der Waals surface area contributed by atoms with E-state index in [1.165, 1.54) is 6.07 Å². The third-order valence-electron chi connectivity index (χ3n) is 1.95. The van der Waals surface area contributed by atoms with Crippen molar-refractivity contribution in [2.24, 2.45) is 5.14 Å². The van der Waals surface area contributed by atoms with Crippen LogP contribution in [0.5, 0.6) is 0 Å². The van der Waals surface area contributed by atoms with Crippen molar-refractivity contribution in [1.29, 1.82) is 0 Å². The Kier molecular flexibility index (Phi) is 3.97. The second-order valence-corrected chi connectivity index (χ2v) is 5.14. The van der Waals surface area contributed by atoms with Crippen LogP contribution in [0, 0.1) is 17.0 Å². The lowest BCUT2D eigenvalue weighted by Gasteiger charge is -2.06. The van der Waals surface area contributed by atoms with E-state index in [-0.39, 0.29) is 18.0 Å². The second kappa shape index (κ2) is 5.06. The molecule has 0 unspecified atom stereocenters. The number of nitrogens with zero attached hydrogens (tertiary/aromatic N) is 2. The van der Waals surface area contributed by atoms with Crippen LogP contribution in [-0.2, 0) is 10.0 Å². The maximum absolute atomic E-state index is 10.7. The van der Waals surface area contributed by atoms with E-state index in [1.54, 1.807) is 6.92 Å². The standard InChI is InChI=1S/C8H12N4O4S/c1-6-4-7(12(13)14)5-11-8(6)10-2-3-17(9,15)16/h4-5H,2-3H2,1H3,(H,10,11)(H2,9,15,16). The molecular formula is C8H12N4O4S. The predicted molar refractivity (Wildman–Crippen MR) is 62.1 cm³/mol. The molecule has 0 saturated heterocycles. The van der Waals surface area contributed by atoms with Gasteiger partial charge < -0.3 is 5.32 Å². The summed E-state index contributed by atoms with van der Waals surface area (Å²) >= 11 is 0. The smallest absolute Gasteiger partial charge is 0.287 e. The highest BCUT2D eigenvalue weighted by atomic mass is 32.2. The largest absolute Gasteiger partial charge is 0.369 e. The number of primary sulfonamides is 1. The van der Waals surface area contributed by atoms with Crippen LogP contribution in [0.1, 0.15) is 5.56 Å². The zero-order valence-corrected chi connectivity index (χ0v) is 9.90. The van der Waals surface area contributed by atoms with Gasteiger partial charge in [0.1, 0.15) is 12.0 Å². The Morgan fingerprint density at radius 1 is 1.59 bits per heavy atom. The summed E-state index contributed by atoms with van der Waals surface area (Å²) < 4.78 is 21.4. The van der Waals surface area contributed by atoms with Crippen LogP contribution in [-0.4, -0.2) is 30.6 Å². The second-order valence-electron chi connectivity index (χ2n) is 3.41. The van der Waals surface area contributed by atoms with Gasteiger partial charge in [-0.2, -0.15) is 0 Å². The molecule has 0 aromatic carbocycles. The van der Waals surface area contributed by atoms with E-state index in [9.17, 15) is 18.5 Å². The van der Waals surface area contributed by atoms with E-state index in [2.05, 4.69) is 10.3 Å². The molecule has 1 aromatic heterocycles. The number of hydrogen-bond acceptors (Lipinski definition) is 6. The summed E-state index contributed by atoms with van der Waals surface area (Å²) in [5, 5.41) is 18.0. The van der Waals surface area contributed by atoms with Crippen molar-refractivity contribution in [2.75, 3.05) is 17.6 Å². The van der Waals surface area contributed by atoms with Crippen molar-refractivity contribution in [3.63, 3.8) is 0 Å². The molecule has 0 atom stereocenters. The fraction of sp³-hybridized carbons (Fsp3) is 0.375. The van der Waals surface area contributed by atoms with E-state index >= 15 is 0 Å². The van der Waals surface area contributed by atoms with Crippen molar-refractivity contribution in [1.82, 2.24) is 4.98 Å². The van der Waals surface area contributed by atoms with Crippen LogP contribution in [0.25, 0.3) is 0 Å². The number of sulfonamides is 1. The summed E-state index contributed by atoms with van der Waals surface area (Å²) in [6.45, 7) is 1.74. The molecule has 17 heavy (non-hydrogen) atoms. The van der Waals surface area contributed by atoms with E-state index in [0.29, 0.717) is 11.4 Å². The van der Waals surface area contributed by atoms with Crippen molar-refractivity contribution in [2.45, 2.75) is 6.92 Å². The Morgan fingerprint density at radius 3 is 2.71 bits per heavy atom. The summed E-state index contributed by atoms with van der Waals surface area (Å²) in [6, 6.07) is 1.35. The molecule has 0 radical (unpaired) electrons. The molecule has 0 fully saturated rings. The van der Waals surface area contributed by atoms with Gasteiger partial charge in [0.25, 0.3) is 5.69 Å². The highest BCUT2D eigenvalue weighted by Crippen LogP contribution is 2.17. The Hall–Kier alpha value is -1.74. The van der Waals surface area contributed by atoms with Gasteiger partial charge in [-0.15, -0.1) is 0 Å². The maximum atomic E-state index is 10.7. The van der Waals surface area contributed by atoms with E-state index in [1.807, 2.05) is 0 Å². The van der Waals surface area contributed by atoms with Crippen LogP contribution in [0.2, 0.25) is 0 Å². The van der Waals surface area contributed by atoms with Gasteiger partial charge in [-0.3, -0.25) is 10.1 Å². The molecule has 0 aliphatic heterocycles. The van der Waals surface area contributed by atoms with Crippen LogP contribution >= 0.6 is 0 Å². The molecule has 1 heterocycles. The molecule has 3 N–H and O–H groups in total. The average molecular weight is 260 g/mol. The van der Waals surface area contributed by atoms with Gasteiger partial charge in [-0.1, -0.05) is 0 Å². The van der Waals surface area contributed by atoms with E-state index in [4.69, 9.17) is 5.14 Å². The Labute approximate surface area is 98.0 Å². The molecule has 0 aliphatic carbocycles. The predicted octanol–water partition coefficient (Wildman–Crippen LogP) is -0.00138. The average Bonchev–Trinajstić information content (AvgIpc) is 2.18. The monoisotopic (exact) mass is 260 g/mol. The van der Waals surface area contributed by atoms with Gasteiger partial charge in [0.2, 0.25) is 10.0 Å². The van der Waals surface area contributed by atoms with E-state index in [0.717, 1.165) is 6.20 Å². The molecular weight excluding hydrogens is 248 g/mol. The molecule has 0 aliphatic rings. The lowest BCUT2D eigenvalue weighted by atomic mass is 10.2. The first-order chi connectivity index (χ1) is 7.79. The molecule has 94 valence electrons. The fourth-order valence-corrected chi connectivity index (χ4v) is 1.54. The van der Waals surface area contributed by atoms with Gasteiger partial charge in [0, 0.05) is 12.6 Å². The summed E-state index contributed by atoms with van der Waals surface area (Å²) in [5.74, 6) is 0.171. The van der Waals surface area contributed by atoms with E-state index < -0.39 is 14.9 Å². The first-order valence-electron chi connectivity index (χ1n) is 4.65. The van der Waals surface area contributed by atoms with Crippen molar-refractivity contribution in [3.8, 4) is 0 Å². The SMILES string of the molecule is Cc1cc([N+](=O)[O-])cnc1NCCS(N)(=O)=O. The lowest BCUT2D eigenvalue weighted by Crippen LogP contribution is -2.22. The van der Waals surface area contributed by atoms with Gasteiger partial charge in [0.05, 0.1) is 10.7 Å². The number of aryl methyl sites for hydroxylation is 1. The number of nitrogens with one attached hydrogen (secondary N) is 1. The molecule has 0 spiro atoms. The minimum absolute atomic E-state index is 0.102. The number of pyridine rings is 1. The molecule has 8 nitrogen and oxygen atoms in total. The quantitative estimate of drug-likeness (QED) is 0.566. The molecule has 0 amide bonds. The summed E-state index contributed by atoms with van der Waals surface area (Å²) in [5.41, 5.74) is 0.452. The first kappa shape index (κ1) is 13.3. The lowest BCUT2D eigenvalue weighted by molar-refractivity contribution is -0.385. The minimum atomic E-state index is -3.53. The van der Waals surface area contributed by atoms with Crippen LogP contribution in [0.4, 0.5) is 11.5 Å². The third-order valence-corrected chi connectivity index (χ3v) is 2.73. The normalized spacial score (nSPS) is 11.2. The van der Waals surface area contributed by atoms with Gasteiger partial charge in [-0.05, 0) is 12.5 Å². The summed E-state index contributed by atoms with van der Waals surface area (Å²) in [4.78, 5) is 13.7. The minimum Gasteiger partial charge on any atom is -0.369 e. The highest BCUT2D eigenvalue weighted by Gasteiger charge is 2.09.